The van der Waals surface area contributed by atoms with Gasteiger partial charge in [-0.15, -0.1) is 5.10 Å². The summed E-state index contributed by atoms with van der Waals surface area (Å²) in [4.78, 5) is 0. The second-order valence-corrected chi connectivity index (χ2v) is 2.88. The van der Waals surface area contributed by atoms with E-state index in [1.807, 2.05) is 24.3 Å². The van der Waals surface area contributed by atoms with Gasteiger partial charge in [0.1, 0.15) is 0 Å². The maximum atomic E-state index is 3.91. The number of tetrazole rings is 1. The van der Waals surface area contributed by atoms with Crippen molar-refractivity contribution in [1.82, 2.24) is 20.2 Å². The molecular formula is C8H7N5. The minimum atomic E-state index is 0.685. The Hall–Kier alpha value is -1.91. The smallest absolute Gasteiger partial charge is 0.175 e. The van der Waals surface area contributed by atoms with E-state index in [2.05, 4.69) is 20.8 Å². The van der Waals surface area contributed by atoms with Crippen molar-refractivity contribution < 1.29 is 0 Å². The molecule has 0 aliphatic carbocycles. The van der Waals surface area contributed by atoms with Gasteiger partial charge in [-0.1, -0.05) is 12.1 Å². The number of fused-ring (bicyclic) bond motifs is 3. The maximum Gasteiger partial charge on any atom is 0.175 e. The molecule has 64 valence electrons. The standard InChI is InChI=1S/C8H7N5/c1-2-4-7-6(3-1)9-5-8-10-11-12-13(7)8/h1-4,9H,5H2. The summed E-state index contributed by atoms with van der Waals surface area (Å²) in [6, 6.07) is 7.96. The van der Waals surface area contributed by atoms with Gasteiger partial charge in [0.25, 0.3) is 0 Å². The number of hydrogen-bond acceptors (Lipinski definition) is 4. The number of nitrogens with zero attached hydrogens (tertiary/aromatic N) is 4. The van der Waals surface area contributed by atoms with Crippen LogP contribution < -0.4 is 5.32 Å². The van der Waals surface area contributed by atoms with Crippen LogP contribution in [0.3, 0.4) is 0 Å². The summed E-state index contributed by atoms with van der Waals surface area (Å²) in [6.07, 6.45) is 0. The van der Waals surface area contributed by atoms with Gasteiger partial charge >= 0.3 is 0 Å². The predicted molar refractivity (Wildman–Crippen MR) is 46.5 cm³/mol. The number of rotatable bonds is 0. The van der Waals surface area contributed by atoms with Crippen molar-refractivity contribution in [2.45, 2.75) is 6.54 Å². The first kappa shape index (κ1) is 6.59. The zero-order chi connectivity index (χ0) is 8.67. The molecule has 1 aliphatic rings. The van der Waals surface area contributed by atoms with Gasteiger partial charge in [-0.25, -0.2) is 0 Å². The van der Waals surface area contributed by atoms with Crippen molar-refractivity contribution >= 4 is 5.69 Å². The summed E-state index contributed by atoms with van der Waals surface area (Å²) in [5.41, 5.74) is 2.08. The number of benzene rings is 1. The van der Waals surface area contributed by atoms with Crippen LogP contribution >= 0.6 is 0 Å². The first-order valence-corrected chi connectivity index (χ1v) is 4.06. The number of nitrogens with one attached hydrogen (secondary N) is 1. The Kier molecular flexibility index (Phi) is 1.16. The van der Waals surface area contributed by atoms with Crippen LogP contribution in [0.15, 0.2) is 24.3 Å². The molecule has 0 atom stereocenters. The molecule has 1 aromatic heterocycles. The van der Waals surface area contributed by atoms with E-state index in [0.717, 1.165) is 17.2 Å². The van der Waals surface area contributed by atoms with Gasteiger partial charge < -0.3 is 5.32 Å². The largest absolute Gasteiger partial charge is 0.376 e. The van der Waals surface area contributed by atoms with Crippen LogP contribution in [0.1, 0.15) is 5.82 Å². The highest BCUT2D eigenvalue weighted by molar-refractivity contribution is 5.62. The summed E-state index contributed by atoms with van der Waals surface area (Å²) in [5, 5.41) is 14.7. The molecule has 0 fully saturated rings. The van der Waals surface area contributed by atoms with Crippen molar-refractivity contribution in [3.63, 3.8) is 0 Å². The summed E-state index contributed by atoms with van der Waals surface area (Å²) < 4.78 is 1.76. The van der Waals surface area contributed by atoms with E-state index >= 15 is 0 Å². The Morgan fingerprint density at radius 1 is 1.31 bits per heavy atom. The zero-order valence-corrected chi connectivity index (χ0v) is 6.81. The highest BCUT2D eigenvalue weighted by atomic mass is 15.6. The monoisotopic (exact) mass is 173 g/mol. The van der Waals surface area contributed by atoms with Crippen molar-refractivity contribution in [3.8, 4) is 5.69 Å². The fraction of sp³-hybridized carbons (Fsp3) is 0.125. The second kappa shape index (κ2) is 2.29. The van der Waals surface area contributed by atoms with E-state index in [4.69, 9.17) is 0 Å². The lowest BCUT2D eigenvalue weighted by Gasteiger charge is -2.16. The third-order valence-corrected chi connectivity index (χ3v) is 2.10. The van der Waals surface area contributed by atoms with Crippen molar-refractivity contribution in [1.29, 1.82) is 0 Å². The molecule has 2 heterocycles. The van der Waals surface area contributed by atoms with Crippen LogP contribution in [0.2, 0.25) is 0 Å². The van der Waals surface area contributed by atoms with E-state index in [1.54, 1.807) is 4.68 Å². The Morgan fingerprint density at radius 2 is 2.23 bits per heavy atom. The van der Waals surface area contributed by atoms with Gasteiger partial charge in [-0.3, -0.25) is 0 Å². The van der Waals surface area contributed by atoms with Crippen LogP contribution in [0.4, 0.5) is 5.69 Å². The lowest BCUT2D eigenvalue weighted by atomic mass is 10.2. The fourth-order valence-corrected chi connectivity index (χ4v) is 1.49. The van der Waals surface area contributed by atoms with E-state index in [9.17, 15) is 0 Å². The fourth-order valence-electron chi connectivity index (χ4n) is 1.49. The SMILES string of the molecule is c1ccc2c(c1)NCc1nnnn1-2. The molecule has 0 amide bonds. The van der Waals surface area contributed by atoms with E-state index in [-0.39, 0.29) is 0 Å². The molecule has 3 rings (SSSR count). The summed E-state index contributed by atoms with van der Waals surface area (Å²) in [5.74, 6) is 0.846. The van der Waals surface area contributed by atoms with Crippen molar-refractivity contribution in [2.75, 3.05) is 5.32 Å². The highest BCUT2D eigenvalue weighted by Crippen LogP contribution is 2.23. The molecule has 2 aromatic rings. The number of hydrogen-bond donors (Lipinski definition) is 1. The molecule has 0 unspecified atom stereocenters. The van der Waals surface area contributed by atoms with Gasteiger partial charge in [0.05, 0.1) is 17.9 Å². The minimum Gasteiger partial charge on any atom is -0.376 e. The summed E-state index contributed by atoms with van der Waals surface area (Å²) in [7, 11) is 0. The Morgan fingerprint density at radius 3 is 3.23 bits per heavy atom. The molecule has 13 heavy (non-hydrogen) atoms. The van der Waals surface area contributed by atoms with Crippen LogP contribution in [0.25, 0.3) is 5.69 Å². The molecule has 1 N–H and O–H groups in total. The van der Waals surface area contributed by atoms with Crippen LogP contribution in [0.5, 0.6) is 0 Å². The molecule has 0 bridgehead atoms. The van der Waals surface area contributed by atoms with Gasteiger partial charge in [-0.05, 0) is 22.6 Å². The lowest BCUT2D eigenvalue weighted by Crippen LogP contribution is -2.16. The molecular weight excluding hydrogens is 166 g/mol. The van der Waals surface area contributed by atoms with Crippen molar-refractivity contribution in [3.05, 3.63) is 30.1 Å². The summed E-state index contributed by atoms with van der Waals surface area (Å²) >= 11 is 0. The molecule has 5 heteroatoms. The first-order valence-electron chi connectivity index (χ1n) is 4.06. The van der Waals surface area contributed by atoms with E-state index < -0.39 is 0 Å². The number of anilines is 1. The predicted octanol–water partition coefficient (Wildman–Crippen LogP) is 0.588. The van der Waals surface area contributed by atoms with Gasteiger partial charge in [0.2, 0.25) is 0 Å². The molecule has 0 radical (unpaired) electrons. The first-order chi connectivity index (χ1) is 6.45. The third kappa shape index (κ3) is 0.837. The summed E-state index contributed by atoms with van der Waals surface area (Å²) in [6.45, 7) is 0.685. The Bertz CT molecular complexity index is 447. The average molecular weight is 173 g/mol. The lowest BCUT2D eigenvalue weighted by molar-refractivity contribution is 0.754. The number of para-hydroxylation sites is 2. The van der Waals surface area contributed by atoms with Gasteiger partial charge in [0, 0.05) is 0 Å². The average Bonchev–Trinajstić information content (AvgIpc) is 2.65. The zero-order valence-electron chi connectivity index (χ0n) is 6.81. The molecule has 1 aromatic carbocycles. The van der Waals surface area contributed by atoms with E-state index in [1.165, 1.54) is 0 Å². The van der Waals surface area contributed by atoms with Crippen LogP contribution in [0, 0.1) is 0 Å². The maximum absolute atomic E-state index is 3.91. The van der Waals surface area contributed by atoms with Crippen molar-refractivity contribution in [2.24, 2.45) is 0 Å². The molecule has 0 saturated carbocycles. The van der Waals surface area contributed by atoms with E-state index in [0.29, 0.717) is 6.54 Å². The highest BCUT2D eigenvalue weighted by Gasteiger charge is 2.16. The molecule has 0 spiro atoms. The molecule has 5 nitrogen and oxygen atoms in total. The quantitative estimate of drug-likeness (QED) is 0.633. The molecule has 0 saturated heterocycles. The third-order valence-electron chi connectivity index (χ3n) is 2.10. The number of aromatic nitrogens is 4. The second-order valence-electron chi connectivity index (χ2n) is 2.88. The van der Waals surface area contributed by atoms with Gasteiger partial charge in [0.15, 0.2) is 5.82 Å². The minimum absolute atomic E-state index is 0.685. The molecule has 1 aliphatic heterocycles. The van der Waals surface area contributed by atoms with Gasteiger partial charge in [-0.2, -0.15) is 4.68 Å². The van der Waals surface area contributed by atoms with Crippen LogP contribution in [-0.4, -0.2) is 20.2 Å². The normalized spacial score (nSPS) is 12.9. The van der Waals surface area contributed by atoms with Crippen LogP contribution in [-0.2, 0) is 6.54 Å². The Labute approximate surface area is 74.4 Å². The Balaban J connectivity index is 2.30. The topological polar surface area (TPSA) is 55.6 Å².